The van der Waals surface area contributed by atoms with Gasteiger partial charge in [0.1, 0.15) is 0 Å². The SMILES string of the molecule is O=C(NCCNC(=O)c1c2c(nc3ccccc13)/C(=C/c1cccs1)CCC2)c1ccco1. The van der Waals surface area contributed by atoms with Crippen LogP contribution in [0.15, 0.2) is 64.6 Å². The topological polar surface area (TPSA) is 84.2 Å². The number of nitrogens with zero attached hydrogens (tertiary/aromatic N) is 1. The molecule has 0 radical (unpaired) electrons. The zero-order valence-corrected chi connectivity index (χ0v) is 18.8. The van der Waals surface area contributed by atoms with Gasteiger partial charge in [-0.15, -0.1) is 11.3 Å². The Hall–Kier alpha value is -3.71. The van der Waals surface area contributed by atoms with E-state index in [9.17, 15) is 9.59 Å². The Bertz CT molecular complexity index is 1320. The van der Waals surface area contributed by atoms with Gasteiger partial charge in [-0.3, -0.25) is 9.59 Å². The first kappa shape index (κ1) is 21.2. The van der Waals surface area contributed by atoms with Crippen molar-refractivity contribution >= 4 is 45.7 Å². The number of thiophene rings is 1. The second-order valence-corrected chi connectivity index (χ2v) is 8.84. The van der Waals surface area contributed by atoms with Crippen LogP contribution in [0.25, 0.3) is 22.6 Å². The van der Waals surface area contributed by atoms with Crippen LogP contribution in [0.3, 0.4) is 0 Å². The molecule has 6 nitrogen and oxygen atoms in total. The number of fused-ring (bicyclic) bond motifs is 2. The van der Waals surface area contributed by atoms with Crippen LogP contribution in [0, 0.1) is 0 Å². The molecular weight excluding hydrogens is 434 g/mol. The summed E-state index contributed by atoms with van der Waals surface area (Å²) < 4.78 is 5.09. The van der Waals surface area contributed by atoms with Crippen LogP contribution >= 0.6 is 11.3 Å². The Kier molecular flexibility index (Phi) is 6.04. The number of nitrogens with one attached hydrogen (secondary N) is 2. The smallest absolute Gasteiger partial charge is 0.287 e. The molecule has 0 aliphatic heterocycles. The number of amides is 2. The number of pyridine rings is 1. The van der Waals surface area contributed by atoms with Gasteiger partial charge in [-0.2, -0.15) is 0 Å². The van der Waals surface area contributed by atoms with Crippen LogP contribution in [0.2, 0.25) is 0 Å². The van der Waals surface area contributed by atoms with Crippen molar-refractivity contribution < 1.29 is 14.0 Å². The third kappa shape index (κ3) is 4.45. The van der Waals surface area contributed by atoms with E-state index in [-0.39, 0.29) is 17.6 Å². The fourth-order valence-corrected chi connectivity index (χ4v) is 4.90. The first-order chi connectivity index (χ1) is 16.2. The van der Waals surface area contributed by atoms with Crippen molar-refractivity contribution in [3.63, 3.8) is 0 Å². The molecule has 4 aromatic rings. The quantitative estimate of drug-likeness (QED) is 0.402. The Balaban J connectivity index is 1.41. The lowest BCUT2D eigenvalue weighted by Crippen LogP contribution is -2.35. The number of hydrogen-bond donors (Lipinski definition) is 2. The fourth-order valence-electron chi connectivity index (χ4n) is 4.21. The van der Waals surface area contributed by atoms with Crippen molar-refractivity contribution in [1.29, 1.82) is 0 Å². The maximum absolute atomic E-state index is 13.3. The Morgan fingerprint density at radius 1 is 1.00 bits per heavy atom. The molecule has 5 rings (SSSR count). The first-order valence-corrected chi connectivity index (χ1v) is 11.8. The number of furan rings is 1. The average Bonchev–Trinajstić information content (AvgIpc) is 3.55. The summed E-state index contributed by atoms with van der Waals surface area (Å²) in [6.07, 6.45) is 6.37. The lowest BCUT2D eigenvalue weighted by Gasteiger charge is -2.22. The zero-order valence-electron chi connectivity index (χ0n) is 18.0. The minimum absolute atomic E-state index is 0.144. The van der Waals surface area contributed by atoms with Gasteiger partial charge in [0.2, 0.25) is 0 Å². The van der Waals surface area contributed by atoms with E-state index in [1.54, 1.807) is 23.5 Å². The minimum atomic E-state index is -0.302. The zero-order chi connectivity index (χ0) is 22.6. The molecule has 33 heavy (non-hydrogen) atoms. The van der Waals surface area contributed by atoms with Gasteiger partial charge in [-0.1, -0.05) is 24.3 Å². The molecular formula is C26H23N3O3S. The van der Waals surface area contributed by atoms with E-state index < -0.39 is 0 Å². The molecule has 0 bridgehead atoms. The molecule has 3 aromatic heterocycles. The summed E-state index contributed by atoms with van der Waals surface area (Å²) in [5, 5.41) is 8.64. The lowest BCUT2D eigenvalue weighted by molar-refractivity contribution is 0.0910. The second kappa shape index (κ2) is 9.42. The predicted molar refractivity (Wildman–Crippen MR) is 130 cm³/mol. The molecule has 1 aliphatic rings. The molecule has 2 amide bonds. The maximum Gasteiger partial charge on any atom is 0.287 e. The van der Waals surface area contributed by atoms with Gasteiger partial charge >= 0.3 is 0 Å². The summed E-state index contributed by atoms with van der Waals surface area (Å²) in [5.41, 5.74) is 4.59. The third-order valence-electron chi connectivity index (χ3n) is 5.70. The number of benzene rings is 1. The molecule has 166 valence electrons. The van der Waals surface area contributed by atoms with Crippen LogP contribution in [0.4, 0.5) is 0 Å². The number of allylic oxidation sites excluding steroid dienone is 1. The van der Waals surface area contributed by atoms with Crippen molar-refractivity contribution in [3.8, 4) is 0 Å². The summed E-state index contributed by atoms with van der Waals surface area (Å²) in [7, 11) is 0. The van der Waals surface area contributed by atoms with Crippen molar-refractivity contribution in [2.45, 2.75) is 19.3 Å². The normalized spacial score (nSPS) is 14.2. The number of hydrogen-bond acceptors (Lipinski definition) is 5. The summed E-state index contributed by atoms with van der Waals surface area (Å²) in [6, 6.07) is 15.2. The van der Waals surface area contributed by atoms with E-state index in [1.807, 2.05) is 30.3 Å². The Morgan fingerprint density at radius 3 is 2.64 bits per heavy atom. The van der Waals surface area contributed by atoms with Crippen LogP contribution in [-0.4, -0.2) is 29.9 Å². The lowest BCUT2D eigenvalue weighted by atomic mass is 9.86. The summed E-state index contributed by atoms with van der Waals surface area (Å²) in [5.74, 6) is -0.195. The molecule has 0 spiro atoms. The van der Waals surface area contributed by atoms with Crippen molar-refractivity contribution in [2.24, 2.45) is 0 Å². The minimum Gasteiger partial charge on any atom is -0.459 e. The molecule has 1 aromatic carbocycles. The van der Waals surface area contributed by atoms with Gasteiger partial charge in [-0.05, 0) is 66.1 Å². The summed E-state index contributed by atoms with van der Waals surface area (Å²) >= 11 is 1.70. The number of aromatic nitrogens is 1. The molecule has 0 saturated carbocycles. The molecule has 7 heteroatoms. The van der Waals surface area contributed by atoms with Crippen LogP contribution in [0.5, 0.6) is 0 Å². The Labute approximate surface area is 195 Å². The average molecular weight is 458 g/mol. The molecule has 2 N–H and O–H groups in total. The van der Waals surface area contributed by atoms with E-state index in [4.69, 9.17) is 9.40 Å². The van der Waals surface area contributed by atoms with Crippen molar-refractivity contribution in [2.75, 3.05) is 13.1 Å². The first-order valence-electron chi connectivity index (χ1n) is 11.0. The molecule has 1 aliphatic carbocycles. The van der Waals surface area contributed by atoms with Gasteiger partial charge in [0.05, 0.1) is 23.0 Å². The molecule has 0 saturated heterocycles. The van der Waals surface area contributed by atoms with Crippen LogP contribution < -0.4 is 10.6 Å². The molecule has 0 fully saturated rings. The van der Waals surface area contributed by atoms with Crippen molar-refractivity contribution in [1.82, 2.24) is 15.6 Å². The summed E-state index contributed by atoms with van der Waals surface area (Å²) in [6.45, 7) is 0.620. The van der Waals surface area contributed by atoms with Gasteiger partial charge in [0.25, 0.3) is 11.8 Å². The van der Waals surface area contributed by atoms with E-state index in [0.717, 1.165) is 41.4 Å². The number of rotatable bonds is 6. The third-order valence-corrected chi connectivity index (χ3v) is 6.52. The molecule has 0 atom stereocenters. The highest BCUT2D eigenvalue weighted by Crippen LogP contribution is 2.36. The van der Waals surface area contributed by atoms with E-state index in [1.165, 1.54) is 16.7 Å². The largest absolute Gasteiger partial charge is 0.459 e. The highest BCUT2D eigenvalue weighted by molar-refractivity contribution is 7.10. The monoisotopic (exact) mass is 457 g/mol. The highest BCUT2D eigenvalue weighted by atomic mass is 32.1. The number of carbonyl (C=O) groups is 2. The van der Waals surface area contributed by atoms with E-state index in [2.05, 4.69) is 28.2 Å². The highest BCUT2D eigenvalue weighted by Gasteiger charge is 2.25. The van der Waals surface area contributed by atoms with Crippen molar-refractivity contribution in [3.05, 3.63) is 87.6 Å². The van der Waals surface area contributed by atoms with Gasteiger partial charge < -0.3 is 15.1 Å². The van der Waals surface area contributed by atoms with Gasteiger partial charge in [0, 0.05) is 23.4 Å². The Morgan fingerprint density at radius 2 is 1.85 bits per heavy atom. The molecule has 0 unspecified atom stereocenters. The van der Waals surface area contributed by atoms with E-state index >= 15 is 0 Å². The number of carbonyl (C=O) groups excluding carboxylic acids is 2. The fraction of sp³-hybridized carbons (Fsp3) is 0.192. The standard InChI is InChI=1S/C26H23N3O3S/c30-25(22-11-4-14-32-22)27-12-13-28-26(31)23-19-8-1-2-10-21(19)29-24-17(6-3-9-20(23)24)16-18-7-5-15-33-18/h1-2,4-5,7-8,10-11,14-16H,3,6,9,12-13H2,(H,27,30)(H,28,31)/b17-16+. The second-order valence-electron chi connectivity index (χ2n) is 7.86. The van der Waals surface area contributed by atoms with Crippen LogP contribution in [0.1, 0.15) is 49.9 Å². The van der Waals surface area contributed by atoms with E-state index in [0.29, 0.717) is 18.7 Å². The maximum atomic E-state index is 13.3. The van der Waals surface area contributed by atoms with Gasteiger partial charge in [0.15, 0.2) is 5.76 Å². The molecule has 3 heterocycles. The van der Waals surface area contributed by atoms with Crippen LogP contribution in [-0.2, 0) is 6.42 Å². The van der Waals surface area contributed by atoms with Gasteiger partial charge in [-0.25, -0.2) is 4.98 Å². The predicted octanol–water partition coefficient (Wildman–Crippen LogP) is 4.93. The number of para-hydroxylation sites is 1. The summed E-state index contributed by atoms with van der Waals surface area (Å²) in [4.78, 5) is 31.5.